The largest absolute Gasteiger partial charge is 0.460 e. The summed E-state index contributed by atoms with van der Waals surface area (Å²) >= 11 is 0. The first-order chi connectivity index (χ1) is 14.4. The van der Waals surface area contributed by atoms with Crippen molar-refractivity contribution in [3.8, 4) is 0 Å². The Morgan fingerprint density at radius 3 is 2.35 bits per heavy atom. The van der Waals surface area contributed by atoms with E-state index < -0.39 is 5.60 Å². The van der Waals surface area contributed by atoms with Crippen molar-refractivity contribution in [1.29, 1.82) is 0 Å². The van der Waals surface area contributed by atoms with E-state index >= 15 is 0 Å². The van der Waals surface area contributed by atoms with Gasteiger partial charge in [0.1, 0.15) is 5.60 Å². The Balaban J connectivity index is 0.00000480. The summed E-state index contributed by atoms with van der Waals surface area (Å²) in [4.78, 5) is 29.7. The number of carbonyl (C=O) groups excluding carboxylic acids is 1. The number of guanidine groups is 1. The molecule has 1 aromatic heterocycles. The third kappa shape index (κ3) is 11.0. The molecule has 0 aromatic carbocycles. The molecule has 1 fully saturated rings. The van der Waals surface area contributed by atoms with Crippen LogP contribution in [0.4, 0.5) is 5.95 Å². The van der Waals surface area contributed by atoms with Gasteiger partial charge in [0.05, 0.1) is 0 Å². The van der Waals surface area contributed by atoms with Crippen LogP contribution >= 0.6 is 24.0 Å². The van der Waals surface area contributed by atoms with Crippen molar-refractivity contribution in [2.24, 2.45) is 4.99 Å². The molecule has 1 N–H and O–H groups in total. The number of rotatable bonds is 9. The van der Waals surface area contributed by atoms with Crippen LogP contribution in [-0.4, -0.2) is 71.7 Å². The molecular formula is C22H39IN6O2. The van der Waals surface area contributed by atoms with E-state index in [0.717, 1.165) is 76.9 Å². The maximum absolute atomic E-state index is 11.7. The number of piperazine rings is 1. The molecule has 2 heterocycles. The SMILES string of the molecule is CCNC(=NCCCCCCC(=O)OC(C)(C)C)N1CCN(c2ncccn2)CC1.I. The summed E-state index contributed by atoms with van der Waals surface area (Å²) in [7, 11) is 0. The van der Waals surface area contributed by atoms with E-state index in [1.807, 2.05) is 26.8 Å². The summed E-state index contributed by atoms with van der Waals surface area (Å²) in [6.45, 7) is 13.0. The molecule has 0 saturated carbocycles. The first-order valence-corrected chi connectivity index (χ1v) is 11.2. The highest BCUT2D eigenvalue weighted by Crippen LogP contribution is 2.12. The third-order valence-electron chi connectivity index (χ3n) is 4.72. The van der Waals surface area contributed by atoms with Gasteiger partial charge in [-0.05, 0) is 46.6 Å². The van der Waals surface area contributed by atoms with Crippen LogP contribution in [0.2, 0.25) is 0 Å². The zero-order chi connectivity index (χ0) is 21.8. The molecule has 1 aliphatic rings. The molecule has 1 aromatic rings. The molecule has 8 nitrogen and oxygen atoms in total. The summed E-state index contributed by atoms with van der Waals surface area (Å²) in [6.07, 6.45) is 8.08. The Labute approximate surface area is 204 Å². The lowest BCUT2D eigenvalue weighted by atomic mass is 10.1. The molecular weight excluding hydrogens is 507 g/mol. The molecule has 0 unspecified atom stereocenters. The minimum Gasteiger partial charge on any atom is -0.460 e. The number of esters is 1. The molecule has 1 aliphatic heterocycles. The predicted octanol–water partition coefficient (Wildman–Crippen LogP) is 3.47. The van der Waals surface area contributed by atoms with Crippen molar-refractivity contribution >= 4 is 41.9 Å². The van der Waals surface area contributed by atoms with Gasteiger partial charge in [-0.3, -0.25) is 9.79 Å². The molecule has 31 heavy (non-hydrogen) atoms. The maximum Gasteiger partial charge on any atom is 0.306 e. The molecule has 0 bridgehead atoms. The quantitative estimate of drug-likeness (QED) is 0.167. The van der Waals surface area contributed by atoms with Gasteiger partial charge in [-0.2, -0.15) is 0 Å². The lowest BCUT2D eigenvalue weighted by Gasteiger charge is -2.36. The lowest BCUT2D eigenvalue weighted by Crippen LogP contribution is -2.53. The van der Waals surface area contributed by atoms with E-state index in [-0.39, 0.29) is 29.9 Å². The van der Waals surface area contributed by atoms with Crippen LogP contribution in [0.15, 0.2) is 23.5 Å². The van der Waals surface area contributed by atoms with Crippen molar-refractivity contribution in [1.82, 2.24) is 20.2 Å². The van der Waals surface area contributed by atoms with Gasteiger partial charge in [0, 0.05) is 58.1 Å². The average molecular weight is 546 g/mol. The Bertz CT molecular complexity index is 658. The van der Waals surface area contributed by atoms with Crippen LogP contribution in [-0.2, 0) is 9.53 Å². The molecule has 9 heteroatoms. The molecule has 1 saturated heterocycles. The molecule has 0 amide bonds. The highest BCUT2D eigenvalue weighted by atomic mass is 127. The van der Waals surface area contributed by atoms with Crippen LogP contribution in [0.25, 0.3) is 0 Å². The molecule has 0 spiro atoms. The first-order valence-electron chi connectivity index (χ1n) is 11.2. The number of halogens is 1. The molecule has 0 atom stereocenters. The van der Waals surface area contributed by atoms with Crippen LogP contribution in [0.5, 0.6) is 0 Å². The predicted molar refractivity (Wildman–Crippen MR) is 136 cm³/mol. The van der Waals surface area contributed by atoms with Crippen molar-refractivity contribution in [2.45, 2.75) is 65.4 Å². The van der Waals surface area contributed by atoms with Gasteiger partial charge in [0.2, 0.25) is 5.95 Å². The Hall–Kier alpha value is -1.65. The van der Waals surface area contributed by atoms with E-state index in [9.17, 15) is 4.79 Å². The van der Waals surface area contributed by atoms with Crippen LogP contribution in [0, 0.1) is 0 Å². The second-order valence-corrected chi connectivity index (χ2v) is 8.51. The van der Waals surface area contributed by atoms with E-state index in [0.29, 0.717) is 6.42 Å². The molecule has 176 valence electrons. The minimum absolute atomic E-state index is 0. The van der Waals surface area contributed by atoms with Gasteiger partial charge in [-0.1, -0.05) is 12.8 Å². The Morgan fingerprint density at radius 2 is 1.74 bits per heavy atom. The first kappa shape index (κ1) is 27.4. The summed E-state index contributed by atoms with van der Waals surface area (Å²) in [5.41, 5.74) is -0.395. The summed E-state index contributed by atoms with van der Waals surface area (Å²) in [5, 5.41) is 3.41. The van der Waals surface area contributed by atoms with Crippen molar-refractivity contribution in [3.63, 3.8) is 0 Å². The Morgan fingerprint density at radius 1 is 1.10 bits per heavy atom. The third-order valence-corrected chi connectivity index (χ3v) is 4.72. The number of hydrogen-bond donors (Lipinski definition) is 1. The highest BCUT2D eigenvalue weighted by molar-refractivity contribution is 14.0. The van der Waals surface area contributed by atoms with E-state index in [1.165, 1.54) is 0 Å². The average Bonchev–Trinajstić information content (AvgIpc) is 2.72. The van der Waals surface area contributed by atoms with Crippen LogP contribution in [0.3, 0.4) is 0 Å². The van der Waals surface area contributed by atoms with Crippen molar-refractivity contribution < 1.29 is 9.53 Å². The zero-order valence-corrected chi connectivity index (χ0v) is 21.8. The second kappa shape index (κ2) is 14.4. The standard InChI is InChI=1S/C22H38N6O2.HI/c1-5-23-20(24-12-9-7-6-8-11-19(29)30-22(2,3)4)27-15-17-28(18-16-27)21-25-13-10-14-26-21;/h10,13-14H,5-9,11-12,15-18H2,1-4H3,(H,23,24);1H. The fourth-order valence-electron chi connectivity index (χ4n) is 3.31. The fourth-order valence-corrected chi connectivity index (χ4v) is 3.31. The van der Waals surface area contributed by atoms with Crippen LogP contribution < -0.4 is 10.2 Å². The topological polar surface area (TPSA) is 83.0 Å². The summed E-state index contributed by atoms with van der Waals surface area (Å²) < 4.78 is 5.34. The van der Waals surface area contributed by atoms with Gasteiger partial charge >= 0.3 is 5.97 Å². The number of nitrogens with one attached hydrogen (secondary N) is 1. The van der Waals surface area contributed by atoms with Gasteiger partial charge in [-0.25, -0.2) is 9.97 Å². The fraction of sp³-hybridized carbons (Fsp3) is 0.727. The number of aliphatic imine (C=N–C) groups is 1. The Kier molecular flexibility index (Phi) is 12.7. The van der Waals surface area contributed by atoms with E-state index in [1.54, 1.807) is 12.4 Å². The number of hydrogen-bond acceptors (Lipinski definition) is 6. The number of anilines is 1. The lowest BCUT2D eigenvalue weighted by molar-refractivity contribution is -0.154. The molecule has 0 radical (unpaired) electrons. The van der Waals surface area contributed by atoms with E-state index in [2.05, 4.69) is 32.0 Å². The molecule has 2 rings (SSSR count). The van der Waals surface area contributed by atoms with Gasteiger partial charge in [0.15, 0.2) is 5.96 Å². The number of carbonyl (C=O) groups is 1. The monoisotopic (exact) mass is 546 g/mol. The van der Waals surface area contributed by atoms with Gasteiger partial charge in [-0.15, -0.1) is 24.0 Å². The number of ether oxygens (including phenoxy) is 1. The van der Waals surface area contributed by atoms with Gasteiger partial charge in [0.25, 0.3) is 0 Å². The minimum atomic E-state index is -0.395. The number of nitrogens with zero attached hydrogens (tertiary/aromatic N) is 5. The molecule has 0 aliphatic carbocycles. The highest BCUT2D eigenvalue weighted by Gasteiger charge is 2.21. The van der Waals surface area contributed by atoms with Crippen LogP contribution in [0.1, 0.15) is 59.8 Å². The smallest absolute Gasteiger partial charge is 0.306 e. The maximum atomic E-state index is 11.7. The normalized spacial score (nSPS) is 14.8. The zero-order valence-electron chi connectivity index (χ0n) is 19.5. The summed E-state index contributed by atoms with van der Waals surface area (Å²) in [6, 6.07) is 1.84. The van der Waals surface area contributed by atoms with Crippen molar-refractivity contribution in [3.05, 3.63) is 18.5 Å². The summed E-state index contributed by atoms with van der Waals surface area (Å²) in [5.74, 6) is 1.68. The van der Waals surface area contributed by atoms with Crippen molar-refractivity contribution in [2.75, 3.05) is 44.2 Å². The number of aromatic nitrogens is 2. The van der Waals surface area contributed by atoms with Gasteiger partial charge < -0.3 is 19.9 Å². The second-order valence-electron chi connectivity index (χ2n) is 8.51. The number of unbranched alkanes of at least 4 members (excludes halogenated alkanes) is 3. The van der Waals surface area contributed by atoms with E-state index in [4.69, 9.17) is 9.73 Å².